The molecule has 44 heavy (non-hydrogen) atoms. The largest absolute Gasteiger partial charge is 0.463 e. The van der Waals surface area contributed by atoms with Gasteiger partial charge in [-0.3, -0.25) is 9.59 Å². The minimum absolute atomic E-state index is 0.151. The van der Waals surface area contributed by atoms with E-state index in [1.165, 1.54) is 44.9 Å². The lowest BCUT2D eigenvalue weighted by atomic mass is 10.1. The number of aliphatic hydroxyl groups excluding tert-OH is 2. The monoisotopic (exact) mass is 614 g/mol. The number of rotatable bonds is 29. The van der Waals surface area contributed by atoms with Crippen molar-refractivity contribution in [2.75, 3.05) is 13.2 Å². The van der Waals surface area contributed by atoms with Crippen molar-refractivity contribution in [2.45, 2.75) is 142 Å². The fraction of sp³-hybridized carbons (Fsp3) is 0.632. The van der Waals surface area contributed by atoms with Crippen LogP contribution >= 0.6 is 0 Å². The molecule has 250 valence electrons. The first-order valence-electron chi connectivity index (χ1n) is 17.1. The van der Waals surface area contributed by atoms with Crippen LogP contribution in [-0.4, -0.2) is 47.6 Å². The van der Waals surface area contributed by atoms with Gasteiger partial charge in [0.2, 0.25) is 0 Å². The van der Waals surface area contributed by atoms with Crippen molar-refractivity contribution < 1.29 is 29.3 Å². The van der Waals surface area contributed by atoms with Gasteiger partial charge in [-0.2, -0.15) is 0 Å². The number of hydrogen-bond acceptors (Lipinski definition) is 6. The van der Waals surface area contributed by atoms with E-state index in [0.29, 0.717) is 19.3 Å². The minimum Gasteiger partial charge on any atom is -0.463 e. The highest BCUT2D eigenvalue weighted by Gasteiger charge is 2.11. The van der Waals surface area contributed by atoms with Gasteiger partial charge < -0.3 is 19.7 Å². The smallest absolute Gasteiger partial charge is 0.306 e. The zero-order valence-electron chi connectivity index (χ0n) is 27.8. The summed E-state index contributed by atoms with van der Waals surface area (Å²) < 4.78 is 10.2. The summed E-state index contributed by atoms with van der Waals surface area (Å²) in [5.74, 6) is -0.689. The van der Waals surface area contributed by atoms with Gasteiger partial charge in [0.05, 0.1) is 6.10 Å². The van der Waals surface area contributed by atoms with E-state index in [9.17, 15) is 19.8 Å². The molecule has 6 nitrogen and oxygen atoms in total. The Hall–Kier alpha value is -2.70. The van der Waals surface area contributed by atoms with Crippen LogP contribution in [0.3, 0.4) is 0 Å². The topological polar surface area (TPSA) is 93.1 Å². The number of carbonyl (C=O) groups excluding carboxylic acids is 2. The number of aliphatic hydroxyl groups is 2. The maximum absolute atomic E-state index is 11.9. The molecule has 0 aromatic carbocycles. The number of carbonyl (C=O) groups is 2. The van der Waals surface area contributed by atoms with Crippen LogP contribution < -0.4 is 0 Å². The highest BCUT2D eigenvalue weighted by atomic mass is 16.6. The molecule has 2 atom stereocenters. The minimum atomic E-state index is -1.00. The number of unbranched alkanes of at least 4 members (excludes halogenated alkanes) is 9. The first-order chi connectivity index (χ1) is 21.5. The van der Waals surface area contributed by atoms with Crippen molar-refractivity contribution in [2.24, 2.45) is 0 Å². The molecule has 6 heteroatoms. The van der Waals surface area contributed by atoms with Gasteiger partial charge in [-0.25, -0.2) is 0 Å². The van der Waals surface area contributed by atoms with Crippen molar-refractivity contribution >= 4 is 11.9 Å². The Balaban J connectivity index is 3.69. The first-order valence-corrected chi connectivity index (χ1v) is 17.1. The van der Waals surface area contributed by atoms with E-state index in [2.05, 4.69) is 50.3 Å². The molecule has 0 saturated carbocycles. The van der Waals surface area contributed by atoms with E-state index in [1.807, 2.05) is 30.4 Å². The van der Waals surface area contributed by atoms with E-state index < -0.39 is 12.2 Å². The molecular weight excluding hydrogens is 552 g/mol. The summed E-state index contributed by atoms with van der Waals surface area (Å²) in [6.07, 6.45) is 40.1. The average Bonchev–Trinajstić information content (AvgIpc) is 3.01. The van der Waals surface area contributed by atoms with E-state index in [-0.39, 0.29) is 31.6 Å². The Kier molecular flexibility index (Phi) is 31.2. The highest BCUT2D eigenvalue weighted by molar-refractivity contribution is 5.70. The van der Waals surface area contributed by atoms with Crippen LogP contribution in [0.5, 0.6) is 0 Å². The molecule has 0 heterocycles. The Morgan fingerprint density at radius 3 is 1.70 bits per heavy atom. The molecule has 0 fully saturated rings. The third-order valence-corrected chi connectivity index (χ3v) is 6.80. The second kappa shape index (κ2) is 33.2. The van der Waals surface area contributed by atoms with Gasteiger partial charge in [0.1, 0.15) is 19.3 Å². The summed E-state index contributed by atoms with van der Waals surface area (Å²) in [7, 11) is 0. The van der Waals surface area contributed by atoms with E-state index >= 15 is 0 Å². The quantitative estimate of drug-likeness (QED) is 0.0378. The second-order valence-corrected chi connectivity index (χ2v) is 11.1. The molecule has 0 amide bonds. The molecule has 0 bridgehead atoms. The van der Waals surface area contributed by atoms with Crippen molar-refractivity contribution in [3.8, 4) is 0 Å². The molecular formula is C38H62O6. The Morgan fingerprint density at radius 2 is 1.11 bits per heavy atom. The molecule has 0 aliphatic rings. The molecule has 0 aliphatic carbocycles. The number of allylic oxidation sites excluding steroid dienone is 10. The second-order valence-electron chi connectivity index (χ2n) is 11.1. The van der Waals surface area contributed by atoms with Crippen molar-refractivity contribution in [1.82, 2.24) is 0 Å². The SMILES string of the molecule is CC/C=C\CC(O)/C=C/C=C/C/C=C\C/C=C\C/C=C\CCC(=O)OC[C@H](O)COC(=O)CCCCCCCCCCCC. The zero-order valence-corrected chi connectivity index (χ0v) is 27.8. The first kappa shape index (κ1) is 41.3. The maximum Gasteiger partial charge on any atom is 0.306 e. The summed E-state index contributed by atoms with van der Waals surface area (Å²) in [5, 5.41) is 19.7. The summed E-state index contributed by atoms with van der Waals surface area (Å²) in [6.45, 7) is 3.98. The van der Waals surface area contributed by atoms with E-state index in [4.69, 9.17) is 9.47 Å². The van der Waals surface area contributed by atoms with Crippen LogP contribution in [-0.2, 0) is 19.1 Å². The molecule has 0 saturated heterocycles. The summed E-state index contributed by atoms with van der Waals surface area (Å²) in [5.41, 5.74) is 0. The van der Waals surface area contributed by atoms with Gasteiger partial charge in [0.15, 0.2) is 0 Å². The molecule has 0 aliphatic heterocycles. The fourth-order valence-electron chi connectivity index (χ4n) is 4.19. The lowest BCUT2D eigenvalue weighted by molar-refractivity contribution is -0.152. The van der Waals surface area contributed by atoms with Crippen molar-refractivity contribution in [3.05, 3.63) is 72.9 Å². The van der Waals surface area contributed by atoms with Crippen molar-refractivity contribution in [3.63, 3.8) is 0 Å². The Morgan fingerprint density at radius 1 is 0.591 bits per heavy atom. The van der Waals surface area contributed by atoms with Crippen molar-refractivity contribution in [1.29, 1.82) is 0 Å². The standard InChI is InChI=1S/C38H62O6/c1-3-5-7-8-9-10-17-20-23-27-31-37(41)43-33-36(40)34-44-38(42)32-28-24-21-18-15-13-11-12-14-16-19-22-26-30-35(39)29-25-6-4-2/h6,12-15,19,21-22,24-26,30,35-36,39-40H,3-5,7-11,16-18,20,23,27-29,31-34H2,1-2H3/b14-12-,15-13-,22-19+,24-21-,25-6-,30-26+/t35?,36-/m1/s1. The van der Waals surface area contributed by atoms with Gasteiger partial charge in [-0.05, 0) is 44.9 Å². The summed E-state index contributed by atoms with van der Waals surface area (Å²) in [6, 6.07) is 0. The molecule has 0 aromatic rings. The van der Waals surface area contributed by atoms with Crippen LogP contribution in [0, 0.1) is 0 Å². The summed E-state index contributed by atoms with van der Waals surface area (Å²) in [4.78, 5) is 23.7. The van der Waals surface area contributed by atoms with Gasteiger partial charge in [-0.1, -0.05) is 145 Å². The van der Waals surface area contributed by atoms with Crippen LogP contribution in [0.4, 0.5) is 0 Å². The maximum atomic E-state index is 11.9. The van der Waals surface area contributed by atoms with Crippen LogP contribution in [0.2, 0.25) is 0 Å². The molecule has 0 aromatic heterocycles. The molecule has 0 spiro atoms. The van der Waals surface area contributed by atoms with Crippen LogP contribution in [0.1, 0.15) is 129 Å². The lowest BCUT2D eigenvalue weighted by Crippen LogP contribution is -2.25. The third-order valence-electron chi connectivity index (χ3n) is 6.80. The molecule has 2 N–H and O–H groups in total. The normalized spacial score (nSPS) is 13.8. The van der Waals surface area contributed by atoms with E-state index in [1.54, 1.807) is 6.08 Å². The van der Waals surface area contributed by atoms with Gasteiger partial charge in [0.25, 0.3) is 0 Å². The average molecular weight is 615 g/mol. The number of hydrogen-bond donors (Lipinski definition) is 2. The fourth-order valence-corrected chi connectivity index (χ4v) is 4.19. The summed E-state index contributed by atoms with van der Waals surface area (Å²) >= 11 is 0. The number of esters is 2. The Labute approximate surface area is 268 Å². The van der Waals surface area contributed by atoms with E-state index in [0.717, 1.165) is 44.9 Å². The molecule has 0 rings (SSSR count). The third kappa shape index (κ3) is 32.2. The molecule has 0 radical (unpaired) electrons. The van der Waals surface area contributed by atoms with Crippen LogP contribution in [0.15, 0.2) is 72.9 Å². The highest BCUT2D eigenvalue weighted by Crippen LogP contribution is 2.11. The predicted molar refractivity (Wildman–Crippen MR) is 183 cm³/mol. The molecule has 1 unspecified atom stereocenters. The predicted octanol–water partition coefficient (Wildman–Crippen LogP) is 9.19. The Bertz CT molecular complexity index is 851. The zero-order chi connectivity index (χ0) is 32.4. The lowest BCUT2D eigenvalue weighted by Gasteiger charge is -2.12. The van der Waals surface area contributed by atoms with Gasteiger partial charge in [0, 0.05) is 12.8 Å². The van der Waals surface area contributed by atoms with Gasteiger partial charge >= 0.3 is 11.9 Å². The number of ether oxygens (including phenoxy) is 2. The van der Waals surface area contributed by atoms with Gasteiger partial charge in [-0.15, -0.1) is 0 Å². The van der Waals surface area contributed by atoms with Crippen LogP contribution in [0.25, 0.3) is 0 Å².